The minimum atomic E-state index is 0.355. The summed E-state index contributed by atoms with van der Waals surface area (Å²) in [6.07, 6.45) is 1.45. The molecule has 6 heteroatoms. The lowest BCUT2D eigenvalue weighted by Gasteiger charge is -2.16. The average Bonchev–Trinajstić information content (AvgIpc) is 2.46. The number of methoxy groups -OCH3 is 1. The number of ether oxygens (including phenoxy) is 1. The van der Waals surface area contributed by atoms with Crippen LogP contribution in [-0.2, 0) is 0 Å². The molecule has 112 valence electrons. The molecule has 0 bridgehead atoms. The fourth-order valence-corrected chi connectivity index (χ4v) is 2.26. The zero-order valence-electron chi connectivity index (χ0n) is 13.1. The van der Waals surface area contributed by atoms with Crippen LogP contribution in [0.5, 0.6) is 5.88 Å². The van der Waals surface area contributed by atoms with Crippen LogP contribution in [0.1, 0.15) is 37.9 Å². The Hall–Kier alpha value is -2.24. The van der Waals surface area contributed by atoms with Crippen molar-refractivity contribution in [3.63, 3.8) is 0 Å². The molecule has 2 rings (SSSR count). The number of aryl methyl sites for hydroxylation is 1. The number of aromatic nitrogens is 4. The fourth-order valence-electron chi connectivity index (χ4n) is 2.26. The van der Waals surface area contributed by atoms with E-state index in [4.69, 9.17) is 4.74 Å². The van der Waals surface area contributed by atoms with Crippen molar-refractivity contribution in [2.45, 2.75) is 33.6 Å². The van der Waals surface area contributed by atoms with Crippen LogP contribution >= 0.6 is 0 Å². The first-order valence-corrected chi connectivity index (χ1v) is 7.05. The minimum absolute atomic E-state index is 0.355. The monoisotopic (exact) mass is 287 g/mol. The van der Waals surface area contributed by atoms with Crippen LogP contribution in [0.3, 0.4) is 0 Å². The average molecular weight is 287 g/mol. The Balaban J connectivity index is 2.54. The summed E-state index contributed by atoms with van der Waals surface area (Å²) in [6.45, 7) is 9.14. The van der Waals surface area contributed by atoms with E-state index in [0.717, 1.165) is 23.6 Å². The second-order valence-electron chi connectivity index (χ2n) is 5.03. The van der Waals surface area contributed by atoms with E-state index >= 15 is 0 Å². The lowest BCUT2D eigenvalue weighted by Crippen LogP contribution is -2.10. The highest BCUT2D eigenvalue weighted by atomic mass is 16.5. The van der Waals surface area contributed by atoms with Gasteiger partial charge in [-0.3, -0.25) is 0 Å². The molecular weight excluding hydrogens is 266 g/mol. The molecule has 2 heterocycles. The first kappa shape index (κ1) is 15.2. The van der Waals surface area contributed by atoms with Crippen LogP contribution in [0.15, 0.2) is 12.4 Å². The normalized spacial score (nSPS) is 10.8. The van der Waals surface area contributed by atoms with E-state index in [2.05, 4.69) is 46.0 Å². The Morgan fingerprint density at radius 1 is 1.24 bits per heavy atom. The SMILES string of the molecule is CCNc1nc(-c2cc(OC)ncn2)nc(C)c1C(C)C. The molecule has 21 heavy (non-hydrogen) atoms. The van der Waals surface area contributed by atoms with Crippen LogP contribution in [0.25, 0.3) is 11.5 Å². The summed E-state index contributed by atoms with van der Waals surface area (Å²) in [5, 5.41) is 3.31. The van der Waals surface area contributed by atoms with E-state index in [9.17, 15) is 0 Å². The molecule has 0 radical (unpaired) electrons. The number of hydrogen-bond acceptors (Lipinski definition) is 6. The first-order valence-electron chi connectivity index (χ1n) is 7.05. The molecule has 0 aliphatic rings. The van der Waals surface area contributed by atoms with Crippen molar-refractivity contribution in [3.8, 4) is 17.4 Å². The largest absolute Gasteiger partial charge is 0.481 e. The quantitative estimate of drug-likeness (QED) is 0.911. The fraction of sp³-hybridized carbons (Fsp3) is 0.467. The smallest absolute Gasteiger partial charge is 0.216 e. The highest BCUT2D eigenvalue weighted by molar-refractivity contribution is 5.58. The van der Waals surface area contributed by atoms with Crippen molar-refractivity contribution in [2.24, 2.45) is 0 Å². The zero-order valence-corrected chi connectivity index (χ0v) is 13.1. The lowest BCUT2D eigenvalue weighted by atomic mass is 10.0. The highest BCUT2D eigenvalue weighted by Crippen LogP contribution is 2.28. The van der Waals surface area contributed by atoms with Crippen LogP contribution in [-0.4, -0.2) is 33.6 Å². The van der Waals surface area contributed by atoms with Gasteiger partial charge in [0.15, 0.2) is 5.82 Å². The van der Waals surface area contributed by atoms with Crippen molar-refractivity contribution in [1.82, 2.24) is 19.9 Å². The number of nitrogens with zero attached hydrogens (tertiary/aromatic N) is 4. The van der Waals surface area contributed by atoms with Gasteiger partial charge in [0.05, 0.1) is 7.11 Å². The summed E-state index contributed by atoms with van der Waals surface area (Å²) >= 11 is 0. The summed E-state index contributed by atoms with van der Waals surface area (Å²) in [6, 6.07) is 1.74. The molecule has 0 unspecified atom stereocenters. The molecule has 0 aromatic carbocycles. The number of anilines is 1. The highest BCUT2D eigenvalue weighted by Gasteiger charge is 2.16. The van der Waals surface area contributed by atoms with Gasteiger partial charge in [-0.05, 0) is 19.8 Å². The molecule has 0 saturated carbocycles. The Morgan fingerprint density at radius 2 is 2.00 bits per heavy atom. The molecule has 0 aliphatic heterocycles. The zero-order chi connectivity index (χ0) is 15.4. The molecule has 0 spiro atoms. The summed E-state index contributed by atoms with van der Waals surface area (Å²) in [4.78, 5) is 17.4. The molecule has 2 aromatic rings. The van der Waals surface area contributed by atoms with Gasteiger partial charge >= 0.3 is 0 Å². The Bertz CT molecular complexity index is 627. The van der Waals surface area contributed by atoms with Crippen molar-refractivity contribution < 1.29 is 4.74 Å². The predicted octanol–water partition coefficient (Wildman–Crippen LogP) is 2.81. The standard InChI is InChI=1S/C15H21N5O/c1-6-16-15-13(9(2)3)10(4)19-14(20-15)11-7-12(21-5)18-8-17-11/h7-9H,6H2,1-5H3,(H,16,19,20). The number of nitrogens with one attached hydrogen (secondary N) is 1. The van der Waals surface area contributed by atoms with E-state index in [1.165, 1.54) is 6.33 Å². The van der Waals surface area contributed by atoms with Crippen molar-refractivity contribution in [1.29, 1.82) is 0 Å². The molecule has 1 N–H and O–H groups in total. The predicted molar refractivity (Wildman–Crippen MR) is 82.6 cm³/mol. The molecule has 0 aliphatic carbocycles. The number of rotatable bonds is 5. The number of hydrogen-bond donors (Lipinski definition) is 1. The summed E-state index contributed by atoms with van der Waals surface area (Å²) in [5.41, 5.74) is 2.75. The maximum Gasteiger partial charge on any atom is 0.216 e. The molecule has 2 aromatic heterocycles. The van der Waals surface area contributed by atoms with Gasteiger partial charge < -0.3 is 10.1 Å². The van der Waals surface area contributed by atoms with Crippen molar-refractivity contribution in [2.75, 3.05) is 19.0 Å². The third-order valence-corrected chi connectivity index (χ3v) is 3.14. The Labute approximate surface area is 125 Å². The maximum atomic E-state index is 5.12. The Kier molecular flexibility index (Phi) is 4.67. The molecule has 6 nitrogen and oxygen atoms in total. The van der Waals surface area contributed by atoms with Gasteiger partial charge in [0.2, 0.25) is 5.88 Å². The minimum Gasteiger partial charge on any atom is -0.481 e. The Morgan fingerprint density at radius 3 is 2.62 bits per heavy atom. The van der Waals surface area contributed by atoms with Crippen LogP contribution in [0.2, 0.25) is 0 Å². The molecular formula is C15H21N5O. The van der Waals surface area contributed by atoms with E-state index in [0.29, 0.717) is 23.3 Å². The van der Waals surface area contributed by atoms with Gasteiger partial charge in [-0.15, -0.1) is 0 Å². The lowest BCUT2D eigenvalue weighted by molar-refractivity contribution is 0.397. The molecule has 0 atom stereocenters. The van der Waals surface area contributed by atoms with Gasteiger partial charge in [0.1, 0.15) is 17.8 Å². The van der Waals surface area contributed by atoms with E-state index in [1.807, 2.05) is 6.92 Å². The van der Waals surface area contributed by atoms with Crippen molar-refractivity contribution in [3.05, 3.63) is 23.7 Å². The van der Waals surface area contributed by atoms with Crippen LogP contribution < -0.4 is 10.1 Å². The summed E-state index contributed by atoms with van der Waals surface area (Å²) in [5.74, 6) is 2.30. The van der Waals surface area contributed by atoms with Gasteiger partial charge in [-0.1, -0.05) is 13.8 Å². The van der Waals surface area contributed by atoms with E-state index < -0.39 is 0 Å². The first-order chi connectivity index (χ1) is 10.1. The van der Waals surface area contributed by atoms with Crippen LogP contribution in [0, 0.1) is 6.92 Å². The molecule has 0 saturated heterocycles. The van der Waals surface area contributed by atoms with Gasteiger partial charge in [-0.2, -0.15) is 0 Å². The van der Waals surface area contributed by atoms with Gasteiger partial charge in [0, 0.05) is 23.9 Å². The summed E-state index contributed by atoms with van der Waals surface area (Å²) < 4.78 is 5.12. The summed E-state index contributed by atoms with van der Waals surface area (Å²) in [7, 11) is 1.57. The second kappa shape index (κ2) is 6.47. The third kappa shape index (κ3) is 3.26. The van der Waals surface area contributed by atoms with Crippen LogP contribution in [0.4, 0.5) is 5.82 Å². The maximum absolute atomic E-state index is 5.12. The van der Waals surface area contributed by atoms with Gasteiger partial charge in [0.25, 0.3) is 0 Å². The van der Waals surface area contributed by atoms with E-state index in [-0.39, 0.29) is 0 Å². The van der Waals surface area contributed by atoms with Gasteiger partial charge in [-0.25, -0.2) is 19.9 Å². The van der Waals surface area contributed by atoms with Crippen molar-refractivity contribution >= 4 is 5.82 Å². The van der Waals surface area contributed by atoms with E-state index in [1.54, 1.807) is 13.2 Å². The molecule has 0 amide bonds. The molecule has 0 fully saturated rings. The second-order valence-corrected chi connectivity index (χ2v) is 5.03. The topological polar surface area (TPSA) is 72.8 Å². The third-order valence-electron chi connectivity index (χ3n) is 3.14.